The molecule has 0 radical (unpaired) electrons. The molecule has 0 aliphatic rings. The maximum absolute atomic E-state index is 15.9. The van der Waals surface area contributed by atoms with E-state index >= 15 is 4.39 Å². The molecule has 15 heteroatoms. The quantitative estimate of drug-likeness (QED) is 0.240. The van der Waals surface area contributed by atoms with Gasteiger partial charge < -0.3 is 5.73 Å². The third kappa shape index (κ3) is 5.97. The average molecular weight is 604 g/mol. The van der Waals surface area contributed by atoms with E-state index in [0.29, 0.717) is 21.6 Å². The highest BCUT2D eigenvalue weighted by Gasteiger charge is 2.38. The van der Waals surface area contributed by atoms with Crippen LogP contribution in [-0.2, 0) is 21.6 Å². The maximum atomic E-state index is 15.9. The van der Waals surface area contributed by atoms with Crippen molar-refractivity contribution in [2.45, 2.75) is 37.3 Å². The van der Waals surface area contributed by atoms with Gasteiger partial charge in [-0.25, -0.2) is 32.2 Å². The van der Waals surface area contributed by atoms with Gasteiger partial charge in [0.15, 0.2) is 5.82 Å². The molecule has 0 spiro atoms. The molecule has 0 aliphatic carbocycles. The van der Waals surface area contributed by atoms with E-state index in [1.54, 1.807) is 4.72 Å². The number of hydrogen-bond acceptors (Lipinski definition) is 7. The number of nitrogens with two attached hydrogens (primary N) is 1. The number of anilines is 2. The molecule has 0 bridgehead atoms. The summed E-state index contributed by atoms with van der Waals surface area (Å²) >= 11 is 7.37. The Morgan fingerprint density at radius 2 is 1.72 bits per heavy atom. The number of nitrogens with one attached hydrogen (secondary N) is 1. The Labute approximate surface area is 229 Å². The van der Waals surface area contributed by atoms with Gasteiger partial charge in [-0.1, -0.05) is 32.4 Å². The van der Waals surface area contributed by atoms with Crippen LogP contribution in [0.2, 0.25) is 5.02 Å². The second-order valence-electron chi connectivity index (χ2n) is 9.31. The molecule has 3 N–H and O–H groups in total. The first-order chi connectivity index (χ1) is 18.0. The molecular formula is C24H19ClF5N5O2S2. The lowest BCUT2D eigenvalue weighted by Gasteiger charge is -2.16. The van der Waals surface area contributed by atoms with Crippen molar-refractivity contribution < 1.29 is 30.4 Å². The lowest BCUT2D eigenvalue weighted by atomic mass is 9.98. The molecule has 206 valence electrons. The lowest BCUT2D eigenvalue weighted by Crippen LogP contribution is -2.20. The van der Waals surface area contributed by atoms with E-state index < -0.39 is 49.4 Å². The van der Waals surface area contributed by atoms with Gasteiger partial charge >= 0.3 is 6.18 Å². The number of alkyl halides is 3. The van der Waals surface area contributed by atoms with Crippen LogP contribution in [0.1, 0.15) is 31.3 Å². The summed E-state index contributed by atoms with van der Waals surface area (Å²) in [5.74, 6) is -2.47. The molecule has 2 aromatic carbocycles. The van der Waals surface area contributed by atoms with Gasteiger partial charge in [0.25, 0.3) is 10.0 Å². The molecular weight excluding hydrogens is 585 g/mol. The highest BCUT2D eigenvalue weighted by atomic mass is 35.5. The molecule has 0 saturated carbocycles. The second-order valence-corrected chi connectivity index (χ2v) is 12.4. The van der Waals surface area contributed by atoms with Gasteiger partial charge in [0.2, 0.25) is 5.95 Å². The Morgan fingerprint density at radius 1 is 1.03 bits per heavy atom. The summed E-state index contributed by atoms with van der Waals surface area (Å²) in [5.41, 5.74) is 2.93. The number of benzene rings is 2. The summed E-state index contributed by atoms with van der Waals surface area (Å²) in [5, 5.41) is 0.415. The summed E-state index contributed by atoms with van der Waals surface area (Å²) < 4.78 is 97.8. The Hall–Kier alpha value is -3.36. The lowest BCUT2D eigenvalue weighted by molar-refractivity contribution is -0.139. The number of sulfonamides is 1. The Bertz CT molecular complexity index is 1690. The van der Waals surface area contributed by atoms with E-state index in [1.807, 2.05) is 20.8 Å². The van der Waals surface area contributed by atoms with Crippen LogP contribution in [0.5, 0.6) is 0 Å². The van der Waals surface area contributed by atoms with Crippen molar-refractivity contribution in [1.82, 2.24) is 15.0 Å². The van der Waals surface area contributed by atoms with E-state index in [0.717, 1.165) is 6.07 Å². The minimum absolute atomic E-state index is 0.0465. The first-order valence-corrected chi connectivity index (χ1v) is 13.6. The SMILES string of the molecule is CC(C)(C)c1nc(-c2cc(Cl)cc(NS(=O)(=O)c3cc(F)ccc3C(F)(F)F)c2F)c(-c2ccnc(N)n2)s1. The smallest absolute Gasteiger partial charge is 0.368 e. The molecule has 0 amide bonds. The van der Waals surface area contributed by atoms with Gasteiger partial charge in [-0.3, -0.25) is 4.72 Å². The summed E-state index contributed by atoms with van der Waals surface area (Å²) in [6, 6.07) is 4.54. The van der Waals surface area contributed by atoms with E-state index in [4.69, 9.17) is 17.3 Å². The summed E-state index contributed by atoms with van der Waals surface area (Å²) in [6.45, 7) is 5.62. The molecule has 0 fully saturated rings. The van der Waals surface area contributed by atoms with Gasteiger partial charge in [-0.2, -0.15) is 13.2 Å². The zero-order chi connectivity index (χ0) is 28.9. The normalized spacial score (nSPS) is 12.5. The van der Waals surface area contributed by atoms with Crippen molar-refractivity contribution >= 4 is 44.6 Å². The molecule has 0 atom stereocenters. The number of rotatable bonds is 5. The number of thiazole rings is 1. The highest BCUT2D eigenvalue weighted by molar-refractivity contribution is 7.92. The van der Waals surface area contributed by atoms with Gasteiger partial charge in [0, 0.05) is 22.2 Å². The van der Waals surface area contributed by atoms with Gasteiger partial charge in [0.05, 0.1) is 32.5 Å². The number of halogens is 6. The van der Waals surface area contributed by atoms with Gasteiger partial charge in [0.1, 0.15) is 10.7 Å². The minimum atomic E-state index is -5.14. The first-order valence-electron chi connectivity index (χ1n) is 11.0. The van der Waals surface area contributed by atoms with Crippen molar-refractivity contribution in [3.63, 3.8) is 0 Å². The molecule has 4 rings (SSSR count). The highest BCUT2D eigenvalue weighted by Crippen LogP contribution is 2.43. The fraction of sp³-hybridized carbons (Fsp3) is 0.208. The topological polar surface area (TPSA) is 111 Å². The monoisotopic (exact) mass is 603 g/mol. The predicted octanol–water partition coefficient (Wildman–Crippen LogP) is 6.90. The molecule has 2 heterocycles. The third-order valence-corrected chi connectivity index (χ3v) is 8.38. The van der Waals surface area contributed by atoms with Gasteiger partial charge in [-0.15, -0.1) is 11.3 Å². The number of hydrogen-bond donors (Lipinski definition) is 2. The summed E-state index contributed by atoms with van der Waals surface area (Å²) in [4.78, 5) is 11.5. The summed E-state index contributed by atoms with van der Waals surface area (Å²) in [7, 11) is -5.14. The average Bonchev–Trinajstić information content (AvgIpc) is 3.26. The maximum Gasteiger partial charge on any atom is 0.417 e. The van der Waals surface area contributed by atoms with Crippen molar-refractivity contribution in [1.29, 1.82) is 0 Å². The fourth-order valence-electron chi connectivity index (χ4n) is 3.49. The standard InChI is InChI=1S/C24H19ClF5N5O2S2/c1-23(2,3)21-34-19(20(38-21)15-6-7-32-22(31)33-15)13-8-11(25)9-16(18(13)27)35-39(36,37)17-10-12(26)4-5-14(17)24(28,29)30/h4-10,35H,1-3H3,(H2,31,32,33). The molecule has 2 aromatic heterocycles. The van der Waals surface area contributed by atoms with Crippen LogP contribution in [0.15, 0.2) is 47.5 Å². The minimum Gasteiger partial charge on any atom is -0.368 e. The van der Waals surface area contributed by atoms with Crippen LogP contribution in [0, 0.1) is 11.6 Å². The molecule has 0 unspecified atom stereocenters. The Balaban J connectivity index is 1.90. The van der Waals surface area contributed by atoms with Crippen LogP contribution < -0.4 is 10.5 Å². The van der Waals surface area contributed by atoms with Crippen LogP contribution in [0.3, 0.4) is 0 Å². The van der Waals surface area contributed by atoms with Crippen LogP contribution in [0.4, 0.5) is 33.6 Å². The Kier molecular flexibility index (Phi) is 7.34. The van der Waals surface area contributed by atoms with Crippen LogP contribution in [0.25, 0.3) is 21.8 Å². The first kappa shape index (κ1) is 28.6. The van der Waals surface area contributed by atoms with Crippen molar-refractivity contribution in [2.24, 2.45) is 0 Å². The molecule has 0 saturated heterocycles. The van der Waals surface area contributed by atoms with Crippen LogP contribution in [-0.4, -0.2) is 23.4 Å². The van der Waals surface area contributed by atoms with Crippen molar-refractivity contribution in [3.05, 3.63) is 69.8 Å². The van der Waals surface area contributed by atoms with Crippen molar-refractivity contribution in [2.75, 3.05) is 10.5 Å². The number of aromatic nitrogens is 3. The summed E-state index contributed by atoms with van der Waals surface area (Å²) in [6.07, 6.45) is -3.74. The third-order valence-electron chi connectivity index (χ3n) is 5.25. The van der Waals surface area contributed by atoms with Crippen LogP contribution >= 0.6 is 22.9 Å². The van der Waals surface area contributed by atoms with E-state index in [-0.39, 0.29) is 34.4 Å². The molecule has 0 aliphatic heterocycles. The van der Waals surface area contributed by atoms with E-state index in [9.17, 15) is 26.0 Å². The molecule has 39 heavy (non-hydrogen) atoms. The zero-order valence-electron chi connectivity index (χ0n) is 20.4. The second kappa shape index (κ2) is 9.99. The zero-order valence-corrected chi connectivity index (χ0v) is 22.8. The van der Waals surface area contributed by atoms with Gasteiger partial charge in [-0.05, 0) is 36.4 Å². The number of nitrogen functional groups attached to an aromatic ring is 1. The van der Waals surface area contributed by atoms with Crippen molar-refractivity contribution in [3.8, 4) is 21.8 Å². The number of nitrogens with zero attached hydrogens (tertiary/aromatic N) is 3. The van der Waals surface area contributed by atoms with E-state index in [1.165, 1.54) is 29.7 Å². The molecule has 7 nitrogen and oxygen atoms in total. The predicted molar refractivity (Wildman–Crippen MR) is 139 cm³/mol. The largest absolute Gasteiger partial charge is 0.417 e. The van der Waals surface area contributed by atoms with E-state index in [2.05, 4.69) is 15.0 Å². The fourth-order valence-corrected chi connectivity index (χ4v) is 6.10. The Morgan fingerprint density at radius 3 is 2.33 bits per heavy atom. The molecule has 4 aromatic rings.